The molecule has 0 bridgehead atoms. The van der Waals surface area contributed by atoms with Gasteiger partial charge in [0.15, 0.2) is 0 Å². The minimum absolute atomic E-state index is 0.193. The van der Waals surface area contributed by atoms with Crippen LogP contribution in [0, 0.1) is 0 Å². The summed E-state index contributed by atoms with van der Waals surface area (Å²) in [5.41, 5.74) is 4.82. The molecular weight excluding hydrogens is 160 g/mol. The second-order valence-corrected chi connectivity index (χ2v) is 2.27. The van der Waals surface area contributed by atoms with Gasteiger partial charge in [0.2, 0.25) is 0 Å². The molecule has 0 rings (SSSR count). The lowest BCUT2D eigenvalue weighted by molar-refractivity contribution is 0.210. The van der Waals surface area contributed by atoms with Crippen molar-refractivity contribution in [2.45, 2.75) is 0 Å². The van der Waals surface area contributed by atoms with Gasteiger partial charge in [0.05, 0.1) is 0 Å². The van der Waals surface area contributed by atoms with Crippen molar-refractivity contribution in [1.82, 2.24) is 15.5 Å². The summed E-state index contributed by atoms with van der Waals surface area (Å²) in [6.45, 7) is 0.794. The Kier molecular flexibility index (Phi) is 4.59. The number of amides is 4. The van der Waals surface area contributed by atoms with Crippen LogP contribution in [0.1, 0.15) is 0 Å². The lowest BCUT2D eigenvalue weighted by Gasteiger charge is -2.15. The van der Waals surface area contributed by atoms with E-state index in [0.29, 0.717) is 13.1 Å². The molecule has 0 aliphatic rings. The smallest absolute Gasteiger partial charge is 0.316 e. The third-order valence-corrected chi connectivity index (χ3v) is 1.31. The Morgan fingerprint density at radius 3 is 2.50 bits per heavy atom. The number of rotatable bonds is 3. The average Bonchev–Trinajstić information content (AvgIpc) is 2.02. The summed E-state index contributed by atoms with van der Waals surface area (Å²) in [7, 11) is 3.17. The first-order chi connectivity index (χ1) is 5.57. The van der Waals surface area contributed by atoms with E-state index in [0.717, 1.165) is 0 Å². The van der Waals surface area contributed by atoms with Crippen molar-refractivity contribution in [3.63, 3.8) is 0 Å². The Morgan fingerprint density at radius 1 is 1.50 bits per heavy atom. The van der Waals surface area contributed by atoms with Crippen molar-refractivity contribution < 1.29 is 9.59 Å². The van der Waals surface area contributed by atoms with Crippen LogP contribution >= 0.6 is 0 Å². The second kappa shape index (κ2) is 5.22. The second-order valence-electron chi connectivity index (χ2n) is 2.27. The van der Waals surface area contributed by atoms with Crippen LogP contribution < -0.4 is 16.4 Å². The lowest BCUT2D eigenvalue weighted by Crippen LogP contribution is -2.41. The Labute approximate surface area is 71.1 Å². The number of primary amides is 1. The highest BCUT2D eigenvalue weighted by atomic mass is 16.2. The number of nitrogens with zero attached hydrogens (tertiary/aromatic N) is 1. The van der Waals surface area contributed by atoms with E-state index >= 15 is 0 Å². The van der Waals surface area contributed by atoms with E-state index in [9.17, 15) is 9.59 Å². The third-order valence-electron chi connectivity index (χ3n) is 1.31. The van der Waals surface area contributed by atoms with E-state index in [-0.39, 0.29) is 6.03 Å². The SMILES string of the molecule is CNC(=O)N(C)CCNC(N)=O. The molecule has 0 aromatic carbocycles. The average molecular weight is 174 g/mol. The molecule has 0 aromatic rings. The van der Waals surface area contributed by atoms with Gasteiger partial charge in [0.1, 0.15) is 0 Å². The van der Waals surface area contributed by atoms with Crippen LogP contribution in [0.15, 0.2) is 0 Å². The largest absolute Gasteiger partial charge is 0.352 e. The highest BCUT2D eigenvalue weighted by Gasteiger charge is 2.04. The maximum atomic E-state index is 10.9. The maximum Gasteiger partial charge on any atom is 0.316 e. The van der Waals surface area contributed by atoms with Crippen LogP contribution in [0.25, 0.3) is 0 Å². The summed E-state index contributed by atoms with van der Waals surface area (Å²) in [5, 5.41) is 4.82. The first-order valence-corrected chi connectivity index (χ1v) is 3.54. The van der Waals surface area contributed by atoms with Crippen LogP contribution in [-0.4, -0.2) is 44.1 Å². The first-order valence-electron chi connectivity index (χ1n) is 3.54. The molecule has 0 heterocycles. The molecule has 0 aliphatic heterocycles. The molecule has 0 atom stereocenters. The van der Waals surface area contributed by atoms with Gasteiger partial charge < -0.3 is 21.3 Å². The molecule has 12 heavy (non-hydrogen) atoms. The van der Waals surface area contributed by atoms with Crippen molar-refractivity contribution in [3.05, 3.63) is 0 Å². The van der Waals surface area contributed by atoms with Gasteiger partial charge in [0.25, 0.3) is 0 Å². The fourth-order valence-electron chi connectivity index (χ4n) is 0.639. The number of hydrogen-bond donors (Lipinski definition) is 3. The van der Waals surface area contributed by atoms with Gasteiger partial charge in [-0.25, -0.2) is 9.59 Å². The summed E-state index contributed by atoms with van der Waals surface area (Å²) >= 11 is 0. The quantitative estimate of drug-likeness (QED) is 0.508. The van der Waals surface area contributed by atoms with Crippen molar-refractivity contribution in [3.8, 4) is 0 Å². The summed E-state index contributed by atoms with van der Waals surface area (Å²) < 4.78 is 0. The number of urea groups is 2. The molecule has 4 N–H and O–H groups in total. The van der Waals surface area contributed by atoms with Crippen molar-refractivity contribution in [1.29, 1.82) is 0 Å². The van der Waals surface area contributed by atoms with Crippen LogP contribution in [0.2, 0.25) is 0 Å². The summed E-state index contributed by atoms with van der Waals surface area (Å²) in [4.78, 5) is 22.5. The fraction of sp³-hybridized carbons (Fsp3) is 0.667. The van der Waals surface area contributed by atoms with Gasteiger partial charge >= 0.3 is 12.1 Å². The van der Waals surface area contributed by atoms with Gasteiger partial charge in [-0.3, -0.25) is 0 Å². The van der Waals surface area contributed by atoms with Gasteiger partial charge in [-0.15, -0.1) is 0 Å². The van der Waals surface area contributed by atoms with Crippen molar-refractivity contribution >= 4 is 12.1 Å². The Bertz CT molecular complexity index is 171. The minimum Gasteiger partial charge on any atom is -0.352 e. The summed E-state index contributed by atoms with van der Waals surface area (Å²) in [5.74, 6) is 0. The number of hydrogen-bond acceptors (Lipinski definition) is 2. The predicted molar refractivity (Wildman–Crippen MR) is 44.7 cm³/mol. The van der Waals surface area contributed by atoms with Gasteiger partial charge in [-0.2, -0.15) is 0 Å². The molecule has 4 amide bonds. The van der Waals surface area contributed by atoms with Crippen LogP contribution in [-0.2, 0) is 0 Å². The minimum atomic E-state index is -0.583. The number of carbonyl (C=O) groups excluding carboxylic acids is 2. The molecule has 70 valence electrons. The number of nitrogens with one attached hydrogen (secondary N) is 2. The van der Waals surface area contributed by atoms with E-state index in [2.05, 4.69) is 10.6 Å². The van der Waals surface area contributed by atoms with E-state index in [4.69, 9.17) is 5.73 Å². The molecule has 0 spiro atoms. The maximum absolute atomic E-state index is 10.9. The fourth-order valence-corrected chi connectivity index (χ4v) is 0.639. The summed E-state index contributed by atoms with van der Waals surface area (Å²) in [6, 6.07) is -0.776. The molecule has 0 fully saturated rings. The molecule has 0 aliphatic carbocycles. The molecule has 6 heteroatoms. The van der Waals surface area contributed by atoms with Crippen LogP contribution in [0.5, 0.6) is 0 Å². The van der Waals surface area contributed by atoms with E-state index in [1.54, 1.807) is 14.1 Å². The molecule has 0 radical (unpaired) electrons. The molecule has 6 nitrogen and oxygen atoms in total. The third kappa shape index (κ3) is 4.37. The standard InChI is InChI=1S/C6H14N4O2/c1-8-6(12)10(2)4-3-9-5(7)11/h3-4H2,1-2H3,(H,8,12)(H3,7,9,11). The van der Waals surface area contributed by atoms with Gasteiger partial charge in [-0.1, -0.05) is 0 Å². The molecule has 0 saturated heterocycles. The van der Waals surface area contributed by atoms with Gasteiger partial charge in [-0.05, 0) is 0 Å². The molecular formula is C6H14N4O2. The zero-order chi connectivity index (χ0) is 9.56. The van der Waals surface area contributed by atoms with E-state index in [1.165, 1.54) is 4.90 Å². The highest BCUT2D eigenvalue weighted by Crippen LogP contribution is 1.80. The van der Waals surface area contributed by atoms with Crippen molar-refractivity contribution in [2.24, 2.45) is 5.73 Å². The Hall–Kier alpha value is -1.46. The topological polar surface area (TPSA) is 87.5 Å². The first kappa shape index (κ1) is 10.5. The Morgan fingerprint density at radius 2 is 2.08 bits per heavy atom. The Balaban J connectivity index is 3.50. The number of nitrogens with two attached hydrogens (primary N) is 1. The molecule has 0 unspecified atom stereocenters. The lowest BCUT2D eigenvalue weighted by atomic mass is 10.5. The zero-order valence-electron chi connectivity index (χ0n) is 7.26. The number of carbonyl (C=O) groups is 2. The van der Waals surface area contributed by atoms with E-state index < -0.39 is 6.03 Å². The highest BCUT2D eigenvalue weighted by molar-refractivity contribution is 5.74. The zero-order valence-corrected chi connectivity index (χ0v) is 7.26. The van der Waals surface area contributed by atoms with Gasteiger partial charge in [0, 0.05) is 27.2 Å². The van der Waals surface area contributed by atoms with Crippen LogP contribution in [0.3, 0.4) is 0 Å². The molecule has 0 saturated carbocycles. The predicted octanol–water partition coefficient (Wildman–Crippen LogP) is -1.07. The normalized spacial score (nSPS) is 8.83. The van der Waals surface area contributed by atoms with Crippen LogP contribution in [0.4, 0.5) is 9.59 Å². The monoisotopic (exact) mass is 174 g/mol. The summed E-state index contributed by atoms with van der Waals surface area (Å²) in [6.07, 6.45) is 0. The van der Waals surface area contributed by atoms with E-state index in [1.807, 2.05) is 0 Å². The number of likely N-dealkylation sites (N-methyl/N-ethyl adjacent to an activating group) is 1. The van der Waals surface area contributed by atoms with Crippen molar-refractivity contribution in [2.75, 3.05) is 27.2 Å². The molecule has 0 aromatic heterocycles.